The van der Waals surface area contributed by atoms with Gasteiger partial charge in [-0.15, -0.1) is 0 Å². The number of aromatic nitrogens is 2. The number of hydrogen-bond acceptors (Lipinski definition) is 3. The monoisotopic (exact) mass is 457 g/mol. The summed E-state index contributed by atoms with van der Waals surface area (Å²) >= 11 is 18.9. The fourth-order valence-electron chi connectivity index (χ4n) is 3.17. The summed E-state index contributed by atoms with van der Waals surface area (Å²) in [7, 11) is 0. The maximum absolute atomic E-state index is 13.7. The van der Waals surface area contributed by atoms with E-state index < -0.39 is 11.9 Å². The lowest BCUT2D eigenvalue weighted by atomic mass is 10.1. The van der Waals surface area contributed by atoms with Crippen LogP contribution in [0.3, 0.4) is 0 Å². The summed E-state index contributed by atoms with van der Waals surface area (Å²) in [4.78, 5) is 27.6. The van der Waals surface area contributed by atoms with Gasteiger partial charge >= 0.3 is 6.09 Å². The van der Waals surface area contributed by atoms with Crippen LogP contribution >= 0.6 is 34.8 Å². The number of pyridine rings is 2. The Morgan fingerprint density at radius 1 is 1.21 bits per heavy atom. The zero-order valence-electron chi connectivity index (χ0n) is 15.1. The van der Waals surface area contributed by atoms with Gasteiger partial charge in [0.05, 0.1) is 37.4 Å². The third kappa shape index (κ3) is 4.32. The molecule has 0 aliphatic carbocycles. The normalized spacial score (nSPS) is 11.1. The van der Waals surface area contributed by atoms with E-state index in [2.05, 4.69) is 10.3 Å². The molecule has 0 fully saturated rings. The minimum absolute atomic E-state index is 0.0585. The molecule has 2 heterocycles. The lowest BCUT2D eigenvalue weighted by molar-refractivity contribution is 0.194. The van der Waals surface area contributed by atoms with Crippen LogP contribution < -0.4 is 10.7 Å². The van der Waals surface area contributed by atoms with Crippen molar-refractivity contribution in [2.45, 2.75) is 19.8 Å². The van der Waals surface area contributed by atoms with Crippen molar-refractivity contribution in [2.75, 3.05) is 6.54 Å². The number of rotatable bonds is 5. The summed E-state index contributed by atoms with van der Waals surface area (Å²) < 4.78 is 15.3. The lowest BCUT2D eigenvalue weighted by Gasteiger charge is -2.19. The number of halogens is 4. The molecule has 0 atom stereocenters. The van der Waals surface area contributed by atoms with Crippen LogP contribution in [0.2, 0.25) is 15.1 Å². The van der Waals surface area contributed by atoms with Crippen molar-refractivity contribution < 1.29 is 14.3 Å². The number of amides is 1. The van der Waals surface area contributed by atoms with Crippen molar-refractivity contribution in [1.29, 1.82) is 0 Å². The number of hydrogen-bond donors (Lipinski definition) is 2. The fraction of sp³-hybridized carbons (Fsp3) is 0.211. The number of carboxylic acid groups (broad SMARTS) is 1. The van der Waals surface area contributed by atoms with E-state index in [9.17, 15) is 14.0 Å². The van der Waals surface area contributed by atoms with Crippen molar-refractivity contribution in [3.8, 4) is 5.69 Å². The van der Waals surface area contributed by atoms with Crippen molar-refractivity contribution in [2.24, 2.45) is 0 Å². The van der Waals surface area contributed by atoms with Gasteiger partial charge in [0.2, 0.25) is 0 Å². The molecule has 0 spiro atoms. The Morgan fingerprint density at radius 3 is 2.48 bits per heavy atom. The Hall–Kier alpha value is -2.35. The van der Waals surface area contributed by atoms with E-state index in [1.54, 1.807) is 11.5 Å². The molecule has 2 N–H and O–H groups in total. The largest absolute Gasteiger partial charge is 0.465 e. The van der Waals surface area contributed by atoms with Gasteiger partial charge < -0.3 is 15.0 Å². The molecule has 0 unspecified atom stereocenters. The molecule has 152 valence electrons. The predicted molar refractivity (Wildman–Crippen MR) is 111 cm³/mol. The van der Waals surface area contributed by atoms with E-state index in [1.165, 1.54) is 12.3 Å². The summed E-state index contributed by atoms with van der Waals surface area (Å²) in [6, 6.07) is 3.65. The zero-order valence-corrected chi connectivity index (χ0v) is 17.4. The third-order valence-electron chi connectivity index (χ3n) is 4.32. The van der Waals surface area contributed by atoms with Gasteiger partial charge in [0.15, 0.2) is 5.43 Å². The molecule has 0 aliphatic rings. The Bertz CT molecular complexity index is 1160. The molecule has 0 saturated heterocycles. The van der Waals surface area contributed by atoms with E-state index in [-0.39, 0.29) is 32.4 Å². The SMILES string of the molecule is Cc1cc(=O)c2c(CCCNC(=O)O)ncc(Cl)c2n1-c1c(Cl)cc(F)cc1Cl. The van der Waals surface area contributed by atoms with Crippen LogP contribution in [0.1, 0.15) is 17.8 Å². The highest BCUT2D eigenvalue weighted by Crippen LogP contribution is 2.35. The van der Waals surface area contributed by atoms with Gasteiger partial charge in [-0.1, -0.05) is 34.8 Å². The first-order chi connectivity index (χ1) is 13.7. The van der Waals surface area contributed by atoms with Crippen LogP contribution in [0.5, 0.6) is 0 Å². The Morgan fingerprint density at radius 2 is 1.86 bits per heavy atom. The topological polar surface area (TPSA) is 84.2 Å². The van der Waals surface area contributed by atoms with E-state index >= 15 is 0 Å². The van der Waals surface area contributed by atoms with E-state index in [0.29, 0.717) is 35.4 Å². The number of nitrogens with zero attached hydrogens (tertiary/aromatic N) is 2. The maximum Gasteiger partial charge on any atom is 0.404 e. The molecule has 1 amide bonds. The molecule has 0 radical (unpaired) electrons. The van der Waals surface area contributed by atoms with Crippen molar-refractivity contribution in [3.63, 3.8) is 0 Å². The quantitative estimate of drug-likeness (QED) is 0.527. The van der Waals surface area contributed by atoms with Crippen LogP contribution in [0, 0.1) is 12.7 Å². The molecule has 1 aromatic carbocycles. The smallest absolute Gasteiger partial charge is 0.404 e. The summed E-state index contributed by atoms with van der Waals surface area (Å²) in [5.41, 5.74) is 1.32. The van der Waals surface area contributed by atoms with Crippen LogP contribution in [0.15, 0.2) is 29.2 Å². The van der Waals surface area contributed by atoms with Crippen molar-refractivity contribution in [3.05, 3.63) is 66.9 Å². The molecule has 3 aromatic rings. The Balaban J connectivity index is 2.24. The predicted octanol–water partition coefficient (Wildman–Crippen LogP) is 4.99. The molecule has 3 rings (SSSR count). The molecule has 0 bridgehead atoms. The number of fused-ring (bicyclic) bond motifs is 1. The number of aryl methyl sites for hydroxylation is 2. The van der Waals surface area contributed by atoms with Crippen molar-refractivity contribution in [1.82, 2.24) is 14.9 Å². The summed E-state index contributed by atoms with van der Waals surface area (Å²) in [6.07, 6.45) is 1.06. The third-order valence-corrected chi connectivity index (χ3v) is 5.17. The van der Waals surface area contributed by atoms with Gasteiger partial charge in [0.25, 0.3) is 0 Å². The minimum Gasteiger partial charge on any atom is -0.465 e. The number of nitrogens with one attached hydrogen (secondary N) is 1. The Kier molecular flexibility index (Phi) is 6.31. The summed E-state index contributed by atoms with van der Waals surface area (Å²) in [5, 5.41) is 11.5. The minimum atomic E-state index is -1.13. The first kappa shape index (κ1) is 21.4. The molecule has 2 aromatic heterocycles. The molecule has 0 saturated carbocycles. The van der Waals surface area contributed by atoms with Gasteiger partial charge in [-0.2, -0.15) is 0 Å². The average molecular weight is 459 g/mol. The second-order valence-corrected chi connectivity index (χ2v) is 7.54. The second kappa shape index (κ2) is 8.57. The van der Waals surface area contributed by atoms with E-state index in [1.807, 2.05) is 0 Å². The molecule has 6 nitrogen and oxygen atoms in total. The number of benzene rings is 1. The molecular formula is C19H15Cl3FN3O3. The standard InChI is InChI=1S/C19H15Cl3FN3O3/c1-9-5-15(27)16-14(3-2-4-24-19(28)29)25-8-13(22)18(16)26(9)17-11(20)6-10(23)7-12(17)21/h5-8,24H,2-4H2,1H3,(H,28,29). The van der Waals surface area contributed by atoms with Crippen LogP contribution in [-0.4, -0.2) is 27.3 Å². The molecule has 10 heteroatoms. The van der Waals surface area contributed by atoms with Gasteiger partial charge in [0, 0.05) is 24.5 Å². The number of carbonyl (C=O) groups is 1. The van der Waals surface area contributed by atoms with E-state index in [4.69, 9.17) is 39.9 Å². The van der Waals surface area contributed by atoms with Gasteiger partial charge in [-0.3, -0.25) is 9.78 Å². The highest BCUT2D eigenvalue weighted by atomic mass is 35.5. The van der Waals surface area contributed by atoms with Crippen LogP contribution in [0.4, 0.5) is 9.18 Å². The zero-order chi connectivity index (χ0) is 21.3. The van der Waals surface area contributed by atoms with Gasteiger partial charge in [-0.05, 0) is 31.9 Å². The second-order valence-electron chi connectivity index (χ2n) is 6.32. The maximum atomic E-state index is 13.7. The van der Waals surface area contributed by atoms with Crippen LogP contribution in [-0.2, 0) is 6.42 Å². The molecule has 0 aliphatic heterocycles. The fourth-order valence-corrected chi connectivity index (χ4v) is 4.03. The first-order valence-electron chi connectivity index (χ1n) is 8.52. The first-order valence-corrected chi connectivity index (χ1v) is 9.65. The lowest BCUT2D eigenvalue weighted by Crippen LogP contribution is -2.22. The average Bonchev–Trinajstić information content (AvgIpc) is 2.61. The molecular weight excluding hydrogens is 444 g/mol. The Labute approximate surface area is 179 Å². The van der Waals surface area contributed by atoms with Crippen LogP contribution in [0.25, 0.3) is 16.6 Å². The van der Waals surface area contributed by atoms with Crippen molar-refractivity contribution >= 4 is 51.8 Å². The van der Waals surface area contributed by atoms with Gasteiger partial charge in [-0.25, -0.2) is 9.18 Å². The highest BCUT2D eigenvalue weighted by molar-refractivity contribution is 6.38. The van der Waals surface area contributed by atoms with E-state index in [0.717, 1.165) is 12.1 Å². The summed E-state index contributed by atoms with van der Waals surface area (Å²) in [6.45, 7) is 1.89. The van der Waals surface area contributed by atoms with Gasteiger partial charge in [0.1, 0.15) is 5.82 Å². The molecule has 29 heavy (non-hydrogen) atoms. The summed E-state index contributed by atoms with van der Waals surface area (Å²) in [5.74, 6) is -0.592. The highest BCUT2D eigenvalue weighted by Gasteiger charge is 2.20.